The fraction of sp³-hybridized carbons (Fsp3) is 0.533. The van der Waals surface area contributed by atoms with Crippen molar-refractivity contribution in [1.82, 2.24) is 5.32 Å². The summed E-state index contributed by atoms with van der Waals surface area (Å²) in [5.74, 6) is 0.961. The first-order valence-electron chi connectivity index (χ1n) is 6.89. The highest BCUT2D eigenvalue weighted by molar-refractivity contribution is 5.94. The monoisotopic (exact) mass is 297 g/mol. The molecule has 0 saturated heterocycles. The Balaban J connectivity index is 2.77. The molecule has 0 bridgehead atoms. The Morgan fingerprint density at radius 1 is 1.10 bits per heavy atom. The van der Waals surface area contributed by atoms with E-state index < -0.39 is 6.29 Å². The van der Waals surface area contributed by atoms with Crippen LogP contribution in [0, 0.1) is 0 Å². The van der Waals surface area contributed by atoms with Gasteiger partial charge in [-0.1, -0.05) is 0 Å². The maximum Gasteiger partial charge on any atom is 0.251 e. The molecule has 0 saturated carbocycles. The van der Waals surface area contributed by atoms with Gasteiger partial charge in [0, 0.05) is 19.8 Å². The zero-order valence-corrected chi connectivity index (χ0v) is 13.0. The van der Waals surface area contributed by atoms with Gasteiger partial charge in [0.2, 0.25) is 0 Å². The predicted octanol–water partition coefficient (Wildman–Crippen LogP) is 1.83. The first kappa shape index (κ1) is 17.3. The molecule has 118 valence electrons. The molecule has 6 nitrogen and oxygen atoms in total. The summed E-state index contributed by atoms with van der Waals surface area (Å²) in [7, 11) is 3.04. The van der Waals surface area contributed by atoms with Crippen LogP contribution < -0.4 is 14.8 Å². The molecular weight excluding hydrogens is 274 g/mol. The Bertz CT molecular complexity index is 446. The molecule has 0 spiro atoms. The van der Waals surface area contributed by atoms with Crippen LogP contribution in [0.4, 0.5) is 0 Å². The lowest BCUT2D eigenvalue weighted by Crippen LogP contribution is -2.34. The summed E-state index contributed by atoms with van der Waals surface area (Å²) in [6, 6.07) is 5.09. The molecule has 1 aromatic rings. The van der Waals surface area contributed by atoms with Crippen molar-refractivity contribution in [3.8, 4) is 11.5 Å². The minimum Gasteiger partial charge on any atom is -0.490 e. The third-order valence-electron chi connectivity index (χ3n) is 2.76. The topological polar surface area (TPSA) is 66.0 Å². The fourth-order valence-corrected chi connectivity index (χ4v) is 1.73. The number of hydrogen-bond donors (Lipinski definition) is 1. The largest absolute Gasteiger partial charge is 0.490 e. The SMILES string of the molecule is CCOc1ccc(C(=O)NCC(OC)OC)cc1OCC. The molecule has 21 heavy (non-hydrogen) atoms. The first-order valence-corrected chi connectivity index (χ1v) is 6.89. The van der Waals surface area contributed by atoms with Crippen molar-refractivity contribution < 1.29 is 23.7 Å². The average molecular weight is 297 g/mol. The molecule has 0 radical (unpaired) electrons. The van der Waals surface area contributed by atoms with E-state index in [2.05, 4.69) is 5.32 Å². The van der Waals surface area contributed by atoms with Gasteiger partial charge in [-0.25, -0.2) is 0 Å². The van der Waals surface area contributed by atoms with Crippen LogP contribution in [-0.4, -0.2) is 46.2 Å². The maximum absolute atomic E-state index is 12.1. The lowest BCUT2D eigenvalue weighted by Gasteiger charge is -2.15. The van der Waals surface area contributed by atoms with Crippen molar-refractivity contribution in [3.63, 3.8) is 0 Å². The van der Waals surface area contributed by atoms with Crippen molar-refractivity contribution in [2.45, 2.75) is 20.1 Å². The Morgan fingerprint density at radius 3 is 2.29 bits per heavy atom. The van der Waals surface area contributed by atoms with Gasteiger partial charge in [-0.05, 0) is 32.0 Å². The molecule has 0 aliphatic carbocycles. The predicted molar refractivity (Wildman–Crippen MR) is 78.9 cm³/mol. The van der Waals surface area contributed by atoms with E-state index >= 15 is 0 Å². The number of benzene rings is 1. The molecule has 6 heteroatoms. The van der Waals surface area contributed by atoms with Crippen LogP contribution >= 0.6 is 0 Å². The van der Waals surface area contributed by atoms with Gasteiger partial charge in [-0.2, -0.15) is 0 Å². The van der Waals surface area contributed by atoms with Gasteiger partial charge in [0.15, 0.2) is 17.8 Å². The number of hydrogen-bond acceptors (Lipinski definition) is 5. The molecule has 0 aliphatic heterocycles. The molecule has 0 heterocycles. The van der Waals surface area contributed by atoms with Gasteiger partial charge in [-0.3, -0.25) is 4.79 Å². The number of rotatable bonds is 9. The Hall–Kier alpha value is -1.79. The smallest absolute Gasteiger partial charge is 0.251 e. The van der Waals surface area contributed by atoms with E-state index in [9.17, 15) is 4.79 Å². The molecule has 1 amide bonds. The van der Waals surface area contributed by atoms with Crippen molar-refractivity contribution in [2.75, 3.05) is 34.0 Å². The molecule has 0 aromatic heterocycles. The Morgan fingerprint density at radius 2 is 1.71 bits per heavy atom. The van der Waals surface area contributed by atoms with Crippen molar-refractivity contribution >= 4 is 5.91 Å². The van der Waals surface area contributed by atoms with Gasteiger partial charge in [-0.15, -0.1) is 0 Å². The van der Waals surface area contributed by atoms with E-state index in [1.807, 2.05) is 13.8 Å². The second kappa shape index (κ2) is 9.20. The number of ether oxygens (including phenoxy) is 4. The van der Waals surface area contributed by atoms with Crippen molar-refractivity contribution in [1.29, 1.82) is 0 Å². The summed E-state index contributed by atoms with van der Waals surface area (Å²) in [6.07, 6.45) is -0.469. The lowest BCUT2D eigenvalue weighted by molar-refractivity contribution is -0.0974. The van der Waals surface area contributed by atoms with E-state index in [1.54, 1.807) is 18.2 Å². The average Bonchev–Trinajstić information content (AvgIpc) is 2.50. The van der Waals surface area contributed by atoms with E-state index in [-0.39, 0.29) is 12.5 Å². The minimum atomic E-state index is -0.469. The third-order valence-corrected chi connectivity index (χ3v) is 2.76. The summed E-state index contributed by atoms with van der Waals surface area (Å²) in [5.41, 5.74) is 0.493. The minimum absolute atomic E-state index is 0.224. The van der Waals surface area contributed by atoms with E-state index in [4.69, 9.17) is 18.9 Å². The van der Waals surface area contributed by atoms with Crippen LogP contribution in [0.25, 0.3) is 0 Å². The number of carbonyl (C=O) groups is 1. The van der Waals surface area contributed by atoms with E-state index in [0.29, 0.717) is 30.3 Å². The molecule has 1 N–H and O–H groups in total. The summed E-state index contributed by atoms with van der Waals surface area (Å²) in [6.45, 7) is 5.08. The van der Waals surface area contributed by atoms with Crippen LogP contribution in [0.5, 0.6) is 11.5 Å². The number of methoxy groups -OCH3 is 2. The van der Waals surface area contributed by atoms with Gasteiger partial charge in [0.05, 0.1) is 19.8 Å². The van der Waals surface area contributed by atoms with E-state index in [0.717, 1.165) is 0 Å². The normalized spacial score (nSPS) is 10.5. The third kappa shape index (κ3) is 5.24. The molecule has 0 unspecified atom stereocenters. The molecule has 1 aromatic carbocycles. The van der Waals surface area contributed by atoms with Gasteiger partial charge in [0.25, 0.3) is 5.91 Å². The number of nitrogens with one attached hydrogen (secondary N) is 1. The summed E-state index contributed by atoms with van der Waals surface area (Å²) in [5, 5.41) is 2.74. The molecular formula is C15H23NO5. The number of amides is 1. The molecule has 0 fully saturated rings. The zero-order valence-electron chi connectivity index (χ0n) is 13.0. The highest BCUT2D eigenvalue weighted by Gasteiger charge is 2.13. The quantitative estimate of drug-likeness (QED) is 0.704. The van der Waals surface area contributed by atoms with E-state index in [1.165, 1.54) is 14.2 Å². The fourth-order valence-electron chi connectivity index (χ4n) is 1.73. The molecule has 0 aliphatic rings. The van der Waals surface area contributed by atoms with Gasteiger partial charge >= 0.3 is 0 Å². The zero-order chi connectivity index (χ0) is 15.7. The Labute approximate surface area is 125 Å². The Kier molecular flexibility index (Phi) is 7.56. The summed E-state index contributed by atoms with van der Waals surface area (Å²) >= 11 is 0. The number of carbonyl (C=O) groups excluding carboxylic acids is 1. The summed E-state index contributed by atoms with van der Waals surface area (Å²) < 4.78 is 21.0. The second-order valence-corrected chi connectivity index (χ2v) is 4.14. The van der Waals surface area contributed by atoms with Crippen molar-refractivity contribution in [2.24, 2.45) is 0 Å². The standard InChI is InChI=1S/C15H23NO5/c1-5-20-12-8-7-11(9-13(12)21-6-2)15(17)16-10-14(18-3)19-4/h7-9,14H,5-6,10H2,1-4H3,(H,16,17). The molecule has 0 atom stereocenters. The second-order valence-electron chi connectivity index (χ2n) is 4.14. The van der Waals surface area contributed by atoms with Crippen LogP contribution in [0.15, 0.2) is 18.2 Å². The van der Waals surface area contributed by atoms with Crippen LogP contribution in [0.2, 0.25) is 0 Å². The highest BCUT2D eigenvalue weighted by Crippen LogP contribution is 2.28. The van der Waals surface area contributed by atoms with Gasteiger partial charge in [0.1, 0.15) is 0 Å². The first-order chi connectivity index (χ1) is 10.2. The van der Waals surface area contributed by atoms with Gasteiger partial charge < -0.3 is 24.3 Å². The molecule has 1 rings (SSSR count). The van der Waals surface area contributed by atoms with Crippen LogP contribution in [0.3, 0.4) is 0 Å². The maximum atomic E-state index is 12.1. The van der Waals surface area contributed by atoms with Crippen LogP contribution in [-0.2, 0) is 9.47 Å². The summed E-state index contributed by atoms with van der Waals surface area (Å²) in [4.78, 5) is 12.1. The highest BCUT2D eigenvalue weighted by atomic mass is 16.7. The van der Waals surface area contributed by atoms with Crippen LogP contribution in [0.1, 0.15) is 24.2 Å². The lowest BCUT2D eigenvalue weighted by atomic mass is 10.2. The van der Waals surface area contributed by atoms with Crippen molar-refractivity contribution in [3.05, 3.63) is 23.8 Å².